The van der Waals surface area contributed by atoms with Crippen LogP contribution in [-0.4, -0.2) is 58.9 Å². The molecule has 0 spiro atoms. The molecule has 3 aliphatic rings. The van der Waals surface area contributed by atoms with Crippen LogP contribution in [-0.2, 0) is 14.3 Å². The second kappa shape index (κ2) is 6.18. The molecule has 5 atom stereocenters. The molecule has 2 unspecified atom stereocenters. The Morgan fingerprint density at radius 3 is 2.95 bits per heavy atom. The normalized spacial score (nSPS) is 38.4. The first-order valence-corrected chi connectivity index (χ1v) is 7.86. The lowest BCUT2D eigenvalue weighted by Crippen LogP contribution is -2.65. The summed E-state index contributed by atoms with van der Waals surface area (Å²) in [6.07, 6.45) is 4.24. The van der Waals surface area contributed by atoms with Crippen molar-refractivity contribution < 1.29 is 19.5 Å². The maximum absolute atomic E-state index is 12.6. The number of amides is 1. The lowest BCUT2D eigenvalue weighted by Gasteiger charge is -2.51. The number of piperidine rings is 1. The lowest BCUT2D eigenvalue weighted by atomic mass is 9.81. The molecule has 3 saturated heterocycles. The van der Waals surface area contributed by atoms with Crippen LogP contribution in [0.25, 0.3) is 0 Å². The van der Waals surface area contributed by atoms with E-state index in [1.165, 1.54) is 0 Å². The van der Waals surface area contributed by atoms with Crippen molar-refractivity contribution in [1.82, 2.24) is 10.1 Å². The van der Waals surface area contributed by atoms with Crippen molar-refractivity contribution in [2.45, 2.75) is 63.5 Å². The number of carbonyl (C=O) groups excluding carboxylic acids is 1. The van der Waals surface area contributed by atoms with Crippen LogP contribution >= 0.6 is 0 Å². The molecule has 0 aliphatic carbocycles. The highest BCUT2D eigenvalue weighted by molar-refractivity contribution is 5.83. The van der Waals surface area contributed by atoms with E-state index in [0.29, 0.717) is 19.6 Å². The summed E-state index contributed by atoms with van der Waals surface area (Å²) in [5.74, 6) is -0.565. The second-order valence-corrected chi connectivity index (χ2v) is 6.18. The first-order valence-electron chi connectivity index (χ1n) is 7.86. The summed E-state index contributed by atoms with van der Waals surface area (Å²) in [5.41, 5.74) is 0. The van der Waals surface area contributed by atoms with E-state index in [2.05, 4.69) is 6.92 Å². The molecule has 0 radical (unpaired) electrons. The zero-order chi connectivity index (χ0) is 15.0. The van der Waals surface area contributed by atoms with Gasteiger partial charge in [0.1, 0.15) is 6.04 Å². The van der Waals surface area contributed by atoms with Gasteiger partial charge in [-0.15, -0.1) is 0 Å². The molecule has 1 N–H and O–H groups in total. The van der Waals surface area contributed by atoms with Gasteiger partial charge in [0.2, 0.25) is 5.91 Å². The Bertz CT molecular complexity index is 392. The summed E-state index contributed by atoms with van der Waals surface area (Å²) in [7, 11) is 0. The van der Waals surface area contributed by atoms with Gasteiger partial charge in [0.05, 0.1) is 18.8 Å². The van der Waals surface area contributed by atoms with Crippen molar-refractivity contribution >= 4 is 5.91 Å². The number of rotatable bonds is 6. The van der Waals surface area contributed by atoms with E-state index in [1.807, 2.05) is 0 Å². The SMILES string of the molecule is CCCCCCN1C(=O)[C@@H](N([O-])O)[C@H]2CC1[C@@H]1OCC2O1. The van der Waals surface area contributed by atoms with Gasteiger partial charge in [-0.2, -0.15) is 0 Å². The standard InChI is InChI=1S/C14H23N2O5/c1-2-3-4-5-6-15-10-7-9(11-8-20-14(10)21-11)12(13(15)17)16(18)19/h9-12,14,18H,2-8H2,1H3/q-1/t9-,10?,11?,12-,14+/m0/s1. The van der Waals surface area contributed by atoms with E-state index in [1.54, 1.807) is 4.90 Å². The summed E-state index contributed by atoms with van der Waals surface area (Å²) in [5, 5.41) is 20.6. The van der Waals surface area contributed by atoms with Crippen molar-refractivity contribution in [3.8, 4) is 0 Å². The maximum Gasteiger partial charge on any atom is 0.241 e. The van der Waals surface area contributed by atoms with Crippen molar-refractivity contribution in [2.24, 2.45) is 5.92 Å². The Morgan fingerprint density at radius 2 is 2.24 bits per heavy atom. The zero-order valence-corrected chi connectivity index (χ0v) is 12.3. The van der Waals surface area contributed by atoms with E-state index >= 15 is 0 Å². The van der Waals surface area contributed by atoms with Crippen LogP contribution in [0, 0.1) is 11.1 Å². The number of ether oxygens (including phenoxy) is 2. The van der Waals surface area contributed by atoms with Crippen molar-refractivity contribution in [3.63, 3.8) is 0 Å². The molecule has 21 heavy (non-hydrogen) atoms. The van der Waals surface area contributed by atoms with Gasteiger partial charge in [-0.05, 0) is 12.8 Å². The lowest BCUT2D eigenvalue weighted by molar-refractivity contribution is -0.212. The van der Waals surface area contributed by atoms with Gasteiger partial charge < -0.3 is 24.8 Å². The molecule has 3 heterocycles. The van der Waals surface area contributed by atoms with Crippen LogP contribution in [0.1, 0.15) is 39.0 Å². The molecule has 7 nitrogen and oxygen atoms in total. The van der Waals surface area contributed by atoms with Gasteiger partial charge in [-0.25, -0.2) is 0 Å². The fourth-order valence-electron chi connectivity index (χ4n) is 3.77. The summed E-state index contributed by atoms with van der Waals surface area (Å²) >= 11 is 0. The van der Waals surface area contributed by atoms with Gasteiger partial charge in [-0.1, -0.05) is 26.2 Å². The summed E-state index contributed by atoms with van der Waals surface area (Å²) in [6.45, 7) is 3.12. The summed E-state index contributed by atoms with van der Waals surface area (Å²) in [6, 6.07) is -1.18. The third-order valence-corrected chi connectivity index (χ3v) is 4.87. The highest BCUT2D eigenvalue weighted by Crippen LogP contribution is 2.41. The number of hydroxylamine groups is 2. The van der Waals surface area contributed by atoms with Crippen molar-refractivity contribution in [1.29, 1.82) is 0 Å². The van der Waals surface area contributed by atoms with Gasteiger partial charge in [0, 0.05) is 12.5 Å². The van der Waals surface area contributed by atoms with E-state index in [0.717, 1.165) is 25.7 Å². The third-order valence-electron chi connectivity index (χ3n) is 4.87. The fraction of sp³-hybridized carbons (Fsp3) is 0.929. The second-order valence-electron chi connectivity index (χ2n) is 6.18. The smallest absolute Gasteiger partial charge is 0.241 e. The number of fused-ring (bicyclic) bond motifs is 6. The largest absolute Gasteiger partial charge is 0.762 e. The highest BCUT2D eigenvalue weighted by Gasteiger charge is 2.55. The molecular weight excluding hydrogens is 276 g/mol. The monoisotopic (exact) mass is 299 g/mol. The predicted molar refractivity (Wildman–Crippen MR) is 73.1 cm³/mol. The third kappa shape index (κ3) is 2.68. The Morgan fingerprint density at radius 1 is 1.43 bits per heavy atom. The minimum Gasteiger partial charge on any atom is -0.762 e. The van der Waals surface area contributed by atoms with Crippen LogP contribution in [0.2, 0.25) is 0 Å². The average Bonchev–Trinajstić information content (AvgIpc) is 2.88. The van der Waals surface area contributed by atoms with E-state index in [4.69, 9.17) is 9.47 Å². The van der Waals surface area contributed by atoms with Crippen LogP contribution in [0.4, 0.5) is 0 Å². The maximum atomic E-state index is 12.6. The quantitative estimate of drug-likeness (QED) is 0.584. The summed E-state index contributed by atoms with van der Waals surface area (Å²) in [4.78, 5) is 14.3. The van der Waals surface area contributed by atoms with Crippen LogP contribution in [0.5, 0.6) is 0 Å². The predicted octanol–water partition coefficient (Wildman–Crippen LogP) is 1.10. The molecule has 3 rings (SSSR count). The first kappa shape index (κ1) is 15.2. The minimum atomic E-state index is -1.06. The Balaban J connectivity index is 1.73. The number of unbranched alkanes of at least 4 members (excludes halogenated alkanes) is 3. The number of likely N-dealkylation sites (tertiary alicyclic amines) is 1. The van der Waals surface area contributed by atoms with Crippen LogP contribution in [0.3, 0.4) is 0 Å². The molecule has 0 aromatic rings. The Labute approximate surface area is 124 Å². The van der Waals surface area contributed by atoms with Gasteiger partial charge >= 0.3 is 0 Å². The van der Waals surface area contributed by atoms with Crippen molar-refractivity contribution in [3.05, 3.63) is 5.21 Å². The average molecular weight is 299 g/mol. The molecular formula is C14H23N2O5-. The number of nitrogens with zero attached hydrogens (tertiary/aromatic N) is 2. The Hall–Kier alpha value is -0.730. The molecule has 1 amide bonds. The molecule has 0 aromatic heterocycles. The van der Waals surface area contributed by atoms with E-state index < -0.39 is 6.04 Å². The van der Waals surface area contributed by atoms with Crippen molar-refractivity contribution in [2.75, 3.05) is 13.2 Å². The number of hydrogen-bond acceptors (Lipinski definition) is 6. The molecule has 120 valence electrons. The van der Waals surface area contributed by atoms with Gasteiger partial charge in [0.25, 0.3) is 0 Å². The molecule has 4 bridgehead atoms. The first-order chi connectivity index (χ1) is 10.1. The molecule has 0 saturated carbocycles. The zero-order valence-electron chi connectivity index (χ0n) is 12.3. The van der Waals surface area contributed by atoms with Gasteiger partial charge in [-0.3, -0.25) is 10.0 Å². The van der Waals surface area contributed by atoms with Crippen LogP contribution < -0.4 is 0 Å². The van der Waals surface area contributed by atoms with E-state index in [-0.39, 0.29) is 35.5 Å². The van der Waals surface area contributed by atoms with Gasteiger partial charge in [0.15, 0.2) is 6.29 Å². The Kier molecular flexibility index (Phi) is 4.46. The van der Waals surface area contributed by atoms with Crippen LogP contribution in [0.15, 0.2) is 0 Å². The number of carbonyl (C=O) groups is 1. The molecule has 7 heteroatoms. The number of hydrogen-bond donors (Lipinski definition) is 1. The summed E-state index contributed by atoms with van der Waals surface area (Å²) < 4.78 is 11.4. The fourth-order valence-corrected chi connectivity index (χ4v) is 3.77. The molecule has 3 fully saturated rings. The molecule has 3 aliphatic heterocycles. The van der Waals surface area contributed by atoms with E-state index in [9.17, 15) is 15.2 Å². The minimum absolute atomic E-state index is 0.126. The molecule has 0 aromatic carbocycles. The topological polar surface area (TPSA) is 85.3 Å². The highest BCUT2D eigenvalue weighted by atomic mass is 16.8.